The Labute approximate surface area is 225 Å². The predicted octanol–water partition coefficient (Wildman–Crippen LogP) is 3.62. The number of anilines is 2. The highest BCUT2D eigenvalue weighted by atomic mass is 79.9. The summed E-state index contributed by atoms with van der Waals surface area (Å²) in [7, 11) is 1.64. The van der Waals surface area contributed by atoms with Gasteiger partial charge >= 0.3 is 0 Å². The van der Waals surface area contributed by atoms with Gasteiger partial charge in [-0.2, -0.15) is 0 Å². The summed E-state index contributed by atoms with van der Waals surface area (Å²) in [4.78, 5) is 44.1. The van der Waals surface area contributed by atoms with Crippen LogP contribution in [0.5, 0.6) is 0 Å². The fourth-order valence-corrected chi connectivity index (χ4v) is 5.16. The molecule has 11 nitrogen and oxygen atoms in total. The van der Waals surface area contributed by atoms with Crippen molar-refractivity contribution in [3.63, 3.8) is 0 Å². The first kappa shape index (κ1) is 27.6. The van der Waals surface area contributed by atoms with Gasteiger partial charge in [0.25, 0.3) is 23.4 Å². The molecule has 3 heterocycles. The van der Waals surface area contributed by atoms with Crippen molar-refractivity contribution in [2.45, 2.75) is 38.0 Å². The molecule has 2 N–H and O–H groups in total. The van der Waals surface area contributed by atoms with Gasteiger partial charge in [-0.1, -0.05) is 15.9 Å². The molecule has 204 valence electrons. The van der Waals surface area contributed by atoms with Gasteiger partial charge in [0.1, 0.15) is 11.7 Å². The fourth-order valence-electron chi connectivity index (χ4n) is 4.71. The molecule has 1 aromatic carbocycles. The van der Waals surface area contributed by atoms with Crippen LogP contribution in [0.4, 0.5) is 25.8 Å². The standard InChI is InChI=1S/C24H27BrF2N6O5/c1-13-9-31(10-14(2)38-13)23(35)18-5-16(25)6-19(33(36)37)21(18)30-20-11-32(12-24(20,26)27)22(34)15-4-17(28-3)8-29-7-15/h4-8,13-14,20,28,30H,9-12H2,1-3H3/t13-,14+,20-/m0/s1. The summed E-state index contributed by atoms with van der Waals surface area (Å²) in [6.07, 6.45) is 2.23. The quantitative estimate of drug-likeness (QED) is 0.382. The van der Waals surface area contributed by atoms with Crippen LogP contribution in [0.2, 0.25) is 0 Å². The molecule has 2 aliphatic rings. The summed E-state index contributed by atoms with van der Waals surface area (Å²) in [5, 5.41) is 17.3. The number of halogens is 3. The highest BCUT2D eigenvalue weighted by molar-refractivity contribution is 9.10. The summed E-state index contributed by atoms with van der Waals surface area (Å²) in [5.74, 6) is -4.65. The highest BCUT2D eigenvalue weighted by Crippen LogP contribution is 2.38. The lowest BCUT2D eigenvalue weighted by Crippen LogP contribution is -2.48. The van der Waals surface area contributed by atoms with Crippen LogP contribution in [0, 0.1) is 10.1 Å². The molecule has 0 bridgehead atoms. The fraction of sp³-hybridized carbons (Fsp3) is 0.458. The van der Waals surface area contributed by atoms with Crippen molar-refractivity contribution in [3.05, 3.63) is 56.3 Å². The number of nitrogens with zero attached hydrogens (tertiary/aromatic N) is 4. The van der Waals surface area contributed by atoms with Crippen molar-refractivity contribution >= 4 is 44.8 Å². The molecule has 0 radical (unpaired) electrons. The second-order valence-electron chi connectivity index (χ2n) is 9.43. The van der Waals surface area contributed by atoms with E-state index in [0.29, 0.717) is 5.69 Å². The van der Waals surface area contributed by atoms with Gasteiger partial charge in [0.2, 0.25) is 0 Å². The molecule has 3 atom stereocenters. The lowest BCUT2D eigenvalue weighted by Gasteiger charge is -2.35. The minimum atomic E-state index is -3.44. The van der Waals surface area contributed by atoms with Gasteiger partial charge in [-0.05, 0) is 26.0 Å². The zero-order valence-corrected chi connectivity index (χ0v) is 22.5. The number of ether oxygens (including phenoxy) is 1. The van der Waals surface area contributed by atoms with Crippen molar-refractivity contribution in [2.24, 2.45) is 0 Å². The number of rotatable bonds is 6. The van der Waals surface area contributed by atoms with E-state index in [9.17, 15) is 19.7 Å². The van der Waals surface area contributed by atoms with E-state index < -0.39 is 47.5 Å². The molecule has 0 spiro atoms. The first-order valence-corrected chi connectivity index (χ1v) is 12.7. The largest absolute Gasteiger partial charge is 0.387 e. The maximum Gasteiger partial charge on any atom is 0.294 e. The molecule has 2 amide bonds. The first-order chi connectivity index (χ1) is 17.9. The van der Waals surface area contributed by atoms with Crippen LogP contribution in [0.3, 0.4) is 0 Å². The van der Waals surface area contributed by atoms with Gasteiger partial charge in [0, 0.05) is 49.6 Å². The SMILES string of the molecule is CNc1cncc(C(=O)N2C[C@H](Nc3c(C(=O)N4C[C@@H](C)O[C@@H](C)C4)cc(Br)cc3[N+](=O)[O-])C(F)(F)C2)c1. The molecule has 0 unspecified atom stereocenters. The zero-order chi connectivity index (χ0) is 27.8. The molecule has 4 rings (SSSR count). The number of amides is 2. The Hall–Kier alpha value is -3.39. The van der Waals surface area contributed by atoms with E-state index in [4.69, 9.17) is 4.74 Å². The lowest BCUT2D eigenvalue weighted by atomic mass is 10.1. The van der Waals surface area contributed by atoms with Crippen molar-refractivity contribution in [1.29, 1.82) is 0 Å². The predicted molar refractivity (Wildman–Crippen MR) is 139 cm³/mol. The summed E-state index contributed by atoms with van der Waals surface area (Å²) < 4.78 is 36.3. The summed E-state index contributed by atoms with van der Waals surface area (Å²) in [6, 6.07) is 2.33. The van der Waals surface area contributed by atoms with Crippen LogP contribution in [0.15, 0.2) is 35.1 Å². The number of nitrogens with one attached hydrogen (secondary N) is 2. The van der Waals surface area contributed by atoms with Crippen molar-refractivity contribution in [2.75, 3.05) is 43.9 Å². The van der Waals surface area contributed by atoms with Gasteiger partial charge in [0.05, 0.1) is 40.5 Å². The number of hydrogen-bond donors (Lipinski definition) is 2. The van der Waals surface area contributed by atoms with Crippen LogP contribution in [0.25, 0.3) is 0 Å². The molecular weight excluding hydrogens is 570 g/mol. The molecular formula is C24H27BrF2N6O5. The number of nitro groups is 1. The monoisotopic (exact) mass is 596 g/mol. The second kappa shape index (κ2) is 10.8. The van der Waals surface area contributed by atoms with Crippen LogP contribution in [0.1, 0.15) is 34.6 Å². The second-order valence-corrected chi connectivity index (χ2v) is 10.3. The Bertz CT molecular complexity index is 1250. The number of morpholine rings is 1. The number of carbonyl (C=O) groups is 2. The average Bonchev–Trinajstić information content (AvgIpc) is 3.16. The van der Waals surface area contributed by atoms with E-state index in [1.165, 1.54) is 29.4 Å². The maximum absolute atomic E-state index is 15.2. The number of pyridine rings is 1. The molecule has 0 saturated carbocycles. The number of aromatic nitrogens is 1. The summed E-state index contributed by atoms with van der Waals surface area (Å²) >= 11 is 3.19. The highest BCUT2D eigenvalue weighted by Gasteiger charge is 2.51. The number of carbonyl (C=O) groups excluding carboxylic acids is 2. The molecule has 14 heteroatoms. The molecule has 2 aromatic rings. The van der Waals surface area contributed by atoms with Crippen LogP contribution in [-0.4, -0.2) is 88.9 Å². The smallest absolute Gasteiger partial charge is 0.294 e. The lowest BCUT2D eigenvalue weighted by molar-refractivity contribution is -0.384. The van der Waals surface area contributed by atoms with Crippen molar-refractivity contribution < 1.29 is 28.0 Å². The number of likely N-dealkylation sites (tertiary alicyclic amines) is 1. The van der Waals surface area contributed by atoms with Gasteiger partial charge in [0.15, 0.2) is 0 Å². The van der Waals surface area contributed by atoms with Crippen LogP contribution in [-0.2, 0) is 4.74 Å². The molecule has 2 fully saturated rings. The van der Waals surface area contributed by atoms with E-state index >= 15 is 8.78 Å². The van der Waals surface area contributed by atoms with Gasteiger partial charge < -0.3 is 25.2 Å². The normalized spacial score (nSPS) is 22.7. The van der Waals surface area contributed by atoms with Crippen molar-refractivity contribution in [1.82, 2.24) is 14.8 Å². The number of hydrogen-bond acceptors (Lipinski definition) is 8. The topological polar surface area (TPSA) is 130 Å². The van der Waals surface area contributed by atoms with Gasteiger partial charge in [-0.15, -0.1) is 0 Å². The third-order valence-electron chi connectivity index (χ3n) is 6.41. The molecule has 2 aliphatic heterocycles. The van der Waals surface area contributed by atoms with Crippen LogP contribution < -0.4 is 10.6 Å². The Morgan fingerprint density at radius 2 is 1.82 bits per heavy atom. The third-order valence-corrected chi connectivity index (χ3v) is 6.87. The number of nitro benzene ring substituents is 1. The summed E-state index contributed by atoms with van der Waals surface area (Å²) in [5.41, 5.74) is -0.332. The number of alkyl halides is 2. The van der Waals surface area contributed by atoms with E-state index in [1.54, 1.807) is 20.9 Å². The van der Waals surface area contributed by atoms with Crippen molar-refractivity contribution in [3.8, 4) is 0 Å². The van der Waals surface area contributed by atoms with Gasteiger partial charge in [-0.25, -0.2) is 8.78 Å². The first-order valence-electron chi connectivity index (χ1n) is 11.9. The summed E-state index contributed by atoms with van der Waals surface area (Å²) in [6.45, 7) is 2.73. The van der Waals surface area contributed by atoms with Gasteiger partial charge in [-0.3, -0.25) is 24.7 Å². The Kier molecular flexibility index (Phi) is 7.83. The Morgan fingerprint density at radius 3 is 2.45 bits per heavy atom. The molecule has 0 aliphatic carbocycles. The van der Waals surface area contributed by atoms with E-state index in [2.05, 4.69) is 31.5 Å². The maximum atomic E-state index is 15.2. The molecule has 38 heavy (non-hydrogen) atoms. The number of benzene rings is 1. The Morgan fingerprint density at radius 1 is 1.13 bits per heavy atom. The third kappa shape index (κ3) is 5.70. The van der Waals surface area contributed by atoms with E-state index in [-0.39, 0.29) is 46.6 Å². The van der Waals surface area contributed by atoms with E-state index in [0.717, 1.165) is 11.0 Å². The zero-order valence-electron chi connectivity index (χ0n) is 20.9. The molecule has 2 saturated heterocycles. The Balaban J connectivity index is 1.66. The van der Waals surface area contributed by atoms with Crippen LogP contribution >= 0.6 is 15.9 Å². The average molecular weight is 597 g/mol. The minimum absolute atomic E-state index is 0.120. The minimum Gasteiger partial charge on any atom is -0.387 e. The molecule has 1 aromatic heterocycles. The van der Waals surface area contributed by atoms with E-state index in [1.807, 2.05) is 0 Å².